The van der Waals surface area contributed by atoms with E-state index in [9.17, 15) is 9.90 Å². The van der Waals surface area contributed by atoms with Crippen molar-refractivity contribution >= 4 is 5.97 Å². The topological polar surface area (TPSA) is 71.5 Å². The molecule has 0 aliphatic carbocycles. The molecule has 0 radical (unpaired) electrons. The first-order chi connectivity index (χ1) is 8.67. The molecular weight excluding hydrogens is 232 g/mol. The number of hydrogen-bond donors (Lipinski definition) is 2. The molecule has 1 rings (SSSR count). The monoisotopic (exact) mass is 252 g/mol. The van der Waals surface area contributed by atoms with Gasteiger partial charge >= 0.3 is 5.97 Å². The molecule has 5 heteroatoms. The third kappa shape index (κ3) is 4.81. The summed E-state index contributed by atoms with van der Waals surface area (Å²) in [6.07, 6.45) is 2.76. The Hall–Kier alpha value is -1.46. The van der Waals surface area contributed by atoms with Crippen molar-refractivity contribution in [3.05, 3.63) is 29.6 Å². The fourth-order valence-electron chi connectivity index (χ4n) is 1.46. The summed E-state index contributed by atoms with van der Waals surface area (Å²) in [6, 6.07) is 3.48. The molecule has 2 N–H and O–H groups in total. The number of esters is 1. The highest BCUT2D eigenvalue weighted by Crippen LogP contribution is 2.02. The van der Waals surface area contributed by atoms with Gasteiger partial charge in [0.2, 0.25) is 0 Å². The number of rotatable bonds is 7. The molecule has 1 aromatic rings. The molecule has 1 atom stereocenters. The maximum atomic E-state index is 11.2. The van der Waals surface area contributed by atoms with Crippen molar-refractivity contribution in [3.8, 4) is 0 Å². The molecule has 0 amide bonds. The number of carbonyl (C=O) groups excluding carboxylic acids is 1. The van der Waals surface area contributed by atoms with Gasteiger partial charge in [-0.05, 0) is 31.5 Å². The highest BCUT2D eigenvalue weighted by atomic mass is 16.5. The van der Waals surface area contributed by atoms with E-state index in [1.165, 1.54) is 13.3 Å². The van der Waals surface area contributed by atoms with Gasteiger partial charge in [0.25, 0.3) is 0 Å². The standard InChI is InChI=1S/C13H20N2O3/c1-3-12(16)6-7-14-9-11-5-4-10(8-15-11)13(17)18-2/h4-5,8,12,14,16H,3,6-7,9H2,1-2H3. The second-order valence-corrected chi connectivity index (χ2v) is 4.06. The van der Waals surface area contributed by atoms with Crippen molar-refractivity contribution in [1.82, 2.24) is 10.3 Å². The summed E-state index contributed by atoms with van der Waals surface area (Å²) >= 11 is 0. The quantitative estimate of drug-likeness (QED) is 0.562. The molecular formula is C13H20N2O3. The summed E-state index contributed by atoms with van der Waals surface area (Å²) in [5.41, 5.74) is 1.30. The zero-order valence-electron chi connectivity index (χ0n) is 10.8. The molecule has 0 saturated carbocycles. The van der Waals surface area contributed by atoms with Crippen LogP contribution < -0.4 is 5.32 Å². The fourth-order valence-corrected chi connectivity index (χ4v) is 1.46. The van der Waals surface area contributed by atoms with E-state index in [-0.39, 0.29) is 12.1 Å². The van der Waals surface area contributed by atoms with Crippen LogP contribution >= 0.6 is 0 Å². The third-order valence-electron chi connectivity index (χ3n) is 2.68. The fraction of sp³-hybridized carbons (Fsp3) is 0.538. The Labute approximate surface area is 107 Å². The number of aliphatic hydroxyl groups excluding tert-OH is 1. The summed E-state index contributed by atoms with van der Waals surface area (Å²) < 4.78 is 4.59. The lowest BCUT2D eigenvalue weighted by Gasteiger charge is -2.08. The van der Waals surface area contributed by atoms with E-state index in [4.69, 9.17) is 0 Å². The van der Waals surface area contributed by atoms with Crippen LogP contribution in [0.1, 0.15) is 35.8 Å². The van der Waals surface area contributed by atoms with Gasteiger partial charge in [-0.25, -0.2) is 4.79 Å². The van der Waals surface area contributed by atoms with Crippen LogP contribution in [0.2, 0.25) is 0 Å². The number of nitrogens with one attached hydrogen (secondary N) is 1. The molecule has 0 aliphatic rings. The summed E-state index contributed by atoms with van der Waals surface area (Å²) in [4.78, 5) is 15.3. The maximum absolute atomic E-state index is 11.2. The van der Waals surface area contributed by atoms with E-state index >= 15 is 0 Å². The molecule has 1 unspecified atom stereocenters. The molecule has 0 aliphatic heterocycles. The summed E-state index contributed by atoms with van der Waals surface area (Å²) in [5, 5.41) is 12.6. The van der Waals surface area contributed by atoms with E-state index in [0.717, 1.165) is 25.1 Å². The number of methoxy groups -OCH3 is 1. The lowest BCUT2D eigenvalue weighted by molar-refractivity contribution is 0.0600. The van der Waals surface area contributed by atoms with Gasteiger partial charge in [0.05, 0.1) is 24.5 Å². The van der Waals surface area contributed by atoms with Crippen molar-refractivity contribution < 1.29 is 14.6 Å². The zero-order chi connectivity index (χ0) is 13.4. The van der Waals surface area contributed by atoms with E-state index < -0.39 is 0 Å². The number of hydrogen-bond acceptors (Lipinski definition) is 5. The molecule has 0 aromatic carbocycles. The average Bonchev–Trinajstić information content (AvgIpc) is 2.43. The molecule has 1 heterocycles. The SMILES string of the molecule is CCC(O)CCNCc1ccc(C(=O)OC)cn1. The lowest BCUT2D eigenvalue weighted by Crippen LogP contribution is -2.20. The Morgan fingerprint density at radius 2 is 2.33 bits per heavy atom. The minimum absolute atomic E-state index is 0.243. The molecule has 0 fully saturated rings. The van der Waals surface area contributed by atoms with Gasteiger partial charge in [0.15, 0.2) is 0 Å². The van der Waals surface area contributed by atoms with Crippen LogP contribution in [0.25, 0.3) is 0 Å². The largest absolute Gasteiger partial charge is 0.465 e. The van der Waals surface area contributed by atoms with E-state index in [2.05, 4.69) is 15.0 Å². The Morgan fingerprint density at radius 1 is 1.56 bits per heavy atom. The van der Waals surface area contributed by atoms with Crippen molar-refractivity contribution in [2.24, 2.45) is 0 Å². The van der Waals surface area contributed by atoms with Crippen molar-refractivity contribution in [2.75, 3.05) is 13.7 Å². The number of aromatic nitrogens is 1. The number of pyridine rings is 1. The van der Waals surface area contributed by atoms with Crippen LogP contribution in [0.5, 0.6) is 0 Å². The minimum Gasteiger partial charge on any atom is -0.465 e. The average molecular weight is 252 g/mol. The highest BCUT2D eigenvalue weighted by molar-refractivity contribution is 5.88. The molecule has 0 saturated heterocycles. The van der Waals surface area contributed by atoms with Gasteiger partial charge in [-0.1, -0.05) is 6.92 Å². The number of carbonyl (C=O) groups is 1. The second kappa shape index (κ2) is 7.79. The number of ether oxygens (including phenoxy) is 1. The molecule has 1 aromatic heterocycles. The van der Waals surface area contributed by atoms with Crippen LogP contribution in [-0.2, 0) is 11.3 Å². The molecule has 100 valence electrons. The zero-order valence-corrected chi connectivity index (χ0v) is 10.8. The van der Waals surface area contributed by atoms with Crippen LogP contribution in [0.15, 0.2) is 18.3 Å². The third-order valence-corrected chi connectivity index (χ3v) is 2.68. The lowest BCUT2D eigenvalue weighted by atomic mass is 10.2. The van der Waals surface area contributed by atoms with Gasteiger partial charge in [-0.3, -0.25) is 4.98 Å². The molecule has 18 heavy (non-hydrogen) atoms. The minimum atomic E-state index is -0.381. The predicted molar refractivity (Wildman–Crippen MR) is 68.2 cm³/mol. The van der Waals surface area contributed by atoms with Crippen LogP contribution in [0.3, 0.4) is 0 Å². The van der Waals surface area contributed by atoms with E-state index in [1.54, 1.807) is 12.1 Å². The van der Waals surface area contributed by atoms with Gasteiger partial charge in [0.1, 0.15) is 0 Å². The summed E-state index contributed by atoms with van der Waals surface area (Å²) in [5.74, 6) is -0.381. The summed E-state index contributed by atoms with van der Waals surface area (Å²) in [7, 11) is 1.34. The normalized spacial score (nSPS) is 12.2. The molecule has 0 bridgehead atoms. The van der Waals surface area contributed by atoms with Crippen molar-refractivity contribution in [3.63, 3.8) is 0 Å². The maximum Gasteiger partial charge on any atom is 0.339 e. The predicted octanol–water partition coefficient (Wildman–Crippen LogP) is 1.12. The highest BCUT2D eigenvalue weighted by Gasteiger charge is 2.05. The van der Waals surface area contributed by atoms with Crippen molar-refractivity contribution in [2.45, 2.75) is 32.4 Å². The number of nitrogens with zero attached hydrogens (tertiary/aromatic N) is 1. The Balaban J connectivity index is 2.33. The van der Waals surface area contributed by atoms with Crippen molar-refractivity contribution in [1.29, 1.82) is 0 Å². The number of aliphatic hydroxyl groups is 1. The van der Waals surface area contributed by atoms with Crippen LogP contribution in [0, 0.1) is 0 Å². The Kier molecular flexibility index (Phi) is 6.32. The summed E-state index contributed by atoms with van der Waals surface area (Å²) in [6.45, 7) is 3.32. The Bertz CT molecular complexity index is 365. The van der Waals surface area contributed by atoms with Crippen LogP contribution in [-0.4, -0.2) is 35.8 Å². The molecule has 0 spiro atoms. The van der Waals surface area contributed by atoms with Crippen LogP contribution in [0.4, 0.5) is 0 Å². The van der Waals surface area contributed by atoms with Gasteiger partial charge in [0, 0.05) is 12.7 Å². The van der Waals surface area contributed by atoms with E-state index in [1.807, 2.05) is 6.92 Å². The smallest absolute Gasteiger partial charge is 0.339 e. The van der Waals surface area contributed by atoms with E-state index in [0.29, 0.717) is 12.1 Å². The van der Waals surface area contributed by atoms with Gasteiger partial charge < -0.3 is 15.2 Å². The first kappa shape index (κ1) is 14.6. The van der Waals surface area contributed by atoms with Gasteiger partial charge in [-0.2, -0.15) is 0 Å². The first-order valence-corrected chi connectivity index (χ1v) is 6.09. The first-order valence-electron chi connectivity index (χ1n) is 6.09. The Morgan fingerprint density at radius 3 is 2.89 bits per heavy atom. The molecule has 5 nitrogen and oxygen atoms in total. The van der Waals surface area contributed by atoms with Gasteiger partial charge in [-0.15, -0.1) is 0 Å². The second-order valence-electron chi connectivity index (χ2n) is 4.06.